The molecular weight excluding hydrogens is 596 g/mol. The predicted molar refractivity (Wildman–Crippen MR) is 186 cm³/mol. The van der Waals surface area contributed by atoms with Crippen molar-refractivity contribution in [3.05, 3.63) is 78.1 Å². The lowest BCUT2D eigenvalue weighted by Gasteiger charge is -2.24. The lowest BCUT2D eigenvalue weighted by molar-refractivity contribution is 0.187. The topological polar surface area (TPSA) is 117 Å². The molecule has 0 aliphatic carbocycles. The SMILES string of the molecule is COC(=O)Nc1cc(C(C)(C)C)cc(NC(=O)Nc2ccc(Oc3ccnc(CN4CC[C@H](N(C)C)C4)c3)c3ccccc23)c1OC. The summed E-state index contributed by atoms with van der Waals surface area (Å²) in [5.74, 6) is 1.66. The van der Waals surface area contributed by atoms with Crippen molar-refractivity contribution in [3.63, 3.8) is 0 Å². The highest BCUT2D eigenvalue weighted by molar-refractivity contribution is 6.08. The maximum atomic E-state index is 13.4. The normalized spacial score (nSPS) is 15.0. The molecular formula is C36H44N6O5. The van der Waals surface area contributed by atoms with Gasteiger partial charge in [0, 0.05) is 48.7 Å². The van der Waals surface area contributed by atoms with Crippen LogP contribution < -0.4 is 25.4 Å². The third kappa shape index (κ3) is 8.11. The Morgan fingerprint density at radius 3 is 2.30 bits per heavy atom. The number of carbonyl (C=O) groups excluding carboxylic acids is 2. The molecule has 1 aromatic heterocycles. The van der Waals surface area contributed by atoms with Gasteiger partial charge < -0.3 is 29.7 Å². The monoisotopic (exact) mass is 640 g/mol. The second-order valence-electron chi connectivity index (χ2n) is 12.9. The van der Waals surface area contributed by atoms with Crippen LogP contribution in [0.25, 0.3) is 10.8 Å². The summed E-state index contributed by atoms with van der Waals surface area (Å²) in [6.45, 7) is 8.95. The highest BCUT2D eigenvalue weighted by Crippen LogP contribution is 2.39. The first-order chi connectivity index (χ1) is 22.4. The smallest absolute Gasteiger partial charge is 0.411 e. The molecule has 4 aromatic rings. The fourth-order valence-electron chi connectivity index (χ4n) is 5.71. The first-order valence-corrected chi connectivity index (χ1v) is 15.6. The molecule has 1 saturated heterocycles. The van der Waals surface area contributed by atoms with Gasteiger partial charge in [-0.15, -0.1) is 0 Å². The van der Waals surface area contributed by atoms with Crippen LogP contribution in [0.1, 0.15) is 38.4 Å². The highest BCUT2D eigenvalue weighted by Gasteiger charge is 2.25. The number of likely N-dealkylation sites (tertiary alicyclic amines) is 1. The van der Waals surface area contributed by atoms with Gasteiger partial charge in [0.25, 0.3) is 0 Å². The molecule has 1 aliphatic rings. The van der Waals surface area contributed by atoms with Crippen LogP contribution in [-0.4, -0.2) is 74.4 Å². The zero-order chi connectivity index (χ0) is 33.7. The summed E-state index contributed by atoms with van der Waals surface area (Å²) < 4.78 is 16.8. The van der Waals surface area contributed by atoms with Crippen molar-refractivity contribution in [1.29, 1.82) is 0 Å². The molecule has 3 amide bonds. The van der Waals surface area contributed by atoms with Crippen molar-refractivity contribution < 1.29 is 23.8 Å². The second-order valence-corrected chi connectivity index (χ2v) is 12.9. The Labute approximate surface area is 276 Å². The summed E-state index contributed by atoms with van der Waals surface area (Å²) in [6.07, 6.45) is 2.28. The number of hydrogen-bond acceptors (Lipinski definition) is 8. The van der Waals surface area contributed by atoms with E-state index < -0.39 is 12.1 Å². The van der Waals surface area contributed by atoms with Crippen molar-refractivity contribution in [3.8, 4) is 17.2 Å². The number of nitrogens with zero attached hydrogens (tertiary/aromatic N) is 3. The van der Waals surface area contributed by atoms with Gasteiger partial charge in [0.2, 0.25) is 0 Å². The first kappa shape index (κ1) is 33.5. The lowest BCUT2D eigenvalue weighted by atomic mass is 9.86. The van der Waals surface area contributed by atoms with Gasteiger partial charge in [-0.1, -0.05) is 45.0 Å². The van der Waals surface area contributed by atoms with E-state index in [-0.39, 0.29) is 5.41 Å². The molecule has 2 heterocycles. The number of anilines is 3. The van der Waals surface area contributed by atoms with Crippen LogP contribution in [0.4, 0.5) is 26.7 Å². The van der Waals surface area contributed by atoms with E-state index in [1.165, 1.54) is 14.2 Å². The third-order valence-corrected chi connectivity index (χ3v) is 8.34. The number of pyridine rings is 1. The van der Waals surface area contributed by atoms with Gasteiger partial charge in [0.15, 0.2) is 5.75 Å². The Morgan fingerprint density at radius 1 is 0.936 bits per heavy atom. The molecule has 3 N–H and O–H groups in total. The molecule has 3 aromatic carbocycles. The van der Waals surface area contributed by atoms with E-state index in [0.717, 1.165) is 48.1 Å². The Hall–Kier alpha value is -4.87. The Bertz CT molecular complexity index is 1750. The van der Waals surface area contributed by atoms with Gasteiger partial charge in [-0.25, -0.2) is 9.59 Å². The van der Waals surface area contributed by atoms with Crippen molar-refractivity contribution >= 4 is 40.0 Å². The number of rotatable bonds is 9. The quantitative estimate of drug-likeness (QED) is 0.175. The molecule has 1 aliphatic heterocycles. The minimum atomic E-state index is -0.647. The van der Waals surface area contributed by atoms with Gasteiger partial charge in [-0.2, -0.15) is 0 Å². The summed E-state index contributed by atoms with van der Waals surface area (Å²) in [7, 11) is 7.02. The highest BCUT2D eigenvalue weighted by atomic mass is 16.5. The largest absolute Gasteiger partial charge is 0.492 e. The fraction of sp³-hybridized carbons (Fsp3) is 0.361. The molecule has 11 heteroatoms. The Kier molecular flexibility index (Phi) is 10.2. The van der Waals surface area contributed by atoms with Gasteiger partial charge in [-0.3, -0.25) is 15.2 Å². The number of hydrogen-bond donors (Lipinski definition) is 3. The molecule has 47 heavy (non-hydrogen) atoms. The van der Waals surface area contributed by atoms with Crippen molar-refractivity contribution in [2.75, 3.05) is 57.4 Å². The lowest BCUT2D eigenvalue weighted by Crippen LogP contribution is -2.31. The number of urea groups is 1. The average Bonchev–Trinajstić information content (AvgIpc) is 3.50. The van der Waals surface area contributed by atoms with Crippen molar-refractivity contribution in [2.24, 2.45) is 0 Å². The van der Waals surface area contributed by atoms with E-state index >= 15 is 0 Å². The van der Waals surface area contributed by atoms with Gasteiger partial charge in [-0.05, 0) is 61.8 Å². The van der Waals surface area contributed by atoms with Crippen LogP contribution >= 0.6 is 0 Å². The van der Waals surface area contributed by atoms with Crippen LogP contribution in [0.15, 0.2) is 66.9 Å². The number of amides is 3. The average molecular weight is 641 g/mol. The summed E-state index contributed by atoms with van der Waals surface area (Å²) in [6, 6.07) is 19.0. The molecule has 5 rings (SSSR count). The summed E-state index contributed by atoms with van der Waals surface area (Å²) in [5, 5.41) is 10.2. The summed E-state index contributed by atoms with van der Waals surface area (Å²) in [5.41, 5.74) is 2.93. The van der Waals surface area contributed by atoms with Gasteiger partial charge >= 0.3 is 12.1 Å². The fourth-order valence-corrected chi connectivity index (χ4v) is 5.71. The van der Waals surface area contributed by atoms with Crippen molar-refractivity contribution in [2.45, 2.75) is 45.2 Å². The number of aromatic nitrogens is 1. The molecule has 1 fully saturated rings. The minimum Gasteiger partial charge on any atom is -0.492 e. The summed E-state index contributed by atoms with van der Waals surface area (Å²) in [4.78, 5) is 34.8. The number of likely N-dealkylation sites (N-methyl/N-ethyl adjacent to an activating group) is 1. The number of carbonyl (C=O) groups is 2. The molecule has 0 radical (unpaired) electrons. The van der Waals surface area contributed by atoms with Gasteiger partial charge in [0.05, 0.1) is 37.0 Å². The molecule has 11 nitrogen and oxygen atoms in total. The Balaban J connectivity index is 1.35. The minimum absolute atomic E-state index is 0.281. The third-order valence-electron chi connectivity index (χ3n) is 8.34. The predicted octanol–water partition coefficient (Wildman–Crippen LogP) is 7.29. The van der Waals surface area contributed by atoms with E-state index in [0.29, 0.717) is 40.4 Å². The molecule has 0 bridgehead atoms. The zero-order valence-electron chi connectivity index (χ0n) is 28.1. The van der Waals surface area contributed by atoms with Crippen LogP contribution in [0.2, 0.25) is 0 Å². The number of methoxy groups -OCH3 is 2. The second kappa shape index (κ2) is 14.3. The zero-order valence-corrected chi connectivity index (χ0v) is 28.1. The number of ether oxygens (including phenoxy) is 3. The molecule has 0 saturated carbocycles. The standard InChI is InChI=1S/C36H44N6O5/c1-36(2,3)23-18-30(33(45-6)31(19-23)40-35(44)46-7)39-34(43)38-29-12-13-32(28-11-9-8-10-27(28)29)47-26-14-16-37-24(20-26)21-42-17-15-25(22-42)41(4)5/h8-14,16,18-20,25H,15,17,21-22H2,1-7H3,(H,40,44)(H2,38,39,43)/t25-/m0/s1. The maximum absolute atomic E-state index is 13.4. The van der Waals surface area contributed by atoms with E-state index in [1.807, 2.05) is 81.4 Å². The van der Waals surface area contributed by atoms with Gasteiger partial charge in [0.1, 0.15) is 11.5 Å². The maximum Gasteiger partial charge on any atom is 0.411 e. The number of benzene rings is 3. The molecule has 0 unspecified atom stereocenters. The molecule has 0 spiro atoms. The van der Waals surface area contributed by atoms with Crippen molar-refractivity contribution in [1.82, 2.24) is 14.8 Å². The number of fused-ring (bicyclic) bond motifs is 1. The Morgan fingerprint density at radius 2 is 1.64 bits per heavy atom. The van der Waals surface area contributed by atoms with E-state index in [1.54, 1.807) is 6.20 Å². The van der Waals surface area contributed by atoms with Crippen LogP contribution in [0, 0.1) is 0 Å². The first-order valence-electron chi connectivity index (χ1n) is 15.6. The molecule has 1 atom stereocenters. The van der Waals surface area contributed by atoms with Crippen LogP contribution in [0.5, 0.6) is 17.2 Å². The number of nitrogens with one attached hydrogen (secondary N) is 3. The van der Waals surface area contributed by atoms with E-state index in [9.17, 15) is 9.59 Å². The van der Waals surface area contributed by atoms with E-state index in [4.69, 9.17) is 14.2 Å². The van der Waals surface area contributed by atoms with Crippen LogP contribution in [0.3, 0.4) is 0 Å². The van der Waals surface area contributed by atoms with Crippen LogP contribution in [-0.2, 0) is 16.7 Å². The molecule has 248 valence electrons. The van der Waals surface area contributed by atoms with E-state index in [2.05, 4.69) is 44.8 Å². The summed E-state index contributed by atoms with van der Waals surface area (Å²) >= 11 is 0.